The Morgan fingerprint density at radius 3 is 2.42 bits per heavy atom. The molecule has 0 saturated carbocycles. The van der Waals surface area contributed by atoms with Crippen molar-refractivity contribution in [1.29, 1.82) is 5.26 Å². The number of nitrogens with zero attached hydrogens (tertiary/aromatic N) is 4. The molecule has 0 radical (unpaired) electrons. The average Bonchev–Trinajstić information content (AvgIpc) is 2.63. The minimum atomic E-state index is -0.620. The molecule has 0 bridgehead atoms. The van der Waals surface area contributed by atoms with E-state index in [0.29, 0.717) is 12.1 Å². The van der Waals surface area contributed by atoms with Crippen LogP contribution in [-0.2, 0) is 0 Å². The first-order valence-corrected chi connectivity index (χ1v) is 7.92. The fourth-order valence-corrected chi connectivity index (χ4v) is 2.83. The fraction of sp³-hybridized carbons (Fsp3) is 0.333. The Kier molecular flexibility index (Phi) is 5.04. The van der Waals surface area contributed by atoms with Crippen LogP contribution in [0.2, 0.25) is 0 Å². The number of aromatic nitrogens is 1. The maximum absolute atomic E-state index is 12.9. The molecule has 1 aliphatic rings. The standard InChI is InChI=1S/C18H19FN4O/c19-16-4-2-15(3-5-16)17(24)13-22-7-9-23(10-8-22)18-6-1-14(11-20)12-21-18/h1-6,12,17,24H,7-10,13H2/t17-/m0/s1. The van der Waals surface area contributed by atoms with Crippen LogP contribution in [0, 0.1) is 17.1 Å². The number of β-amino-alcohol motifs (C(OH)–C–C–N with tert-alkyl or cyclic N) is 1. The van der Waals surface area contributed by atoms with Gasteiger partial charge in [-0.2, -0.15) is 5.26 Å². The molecule has 1 aromatic heterocycles. The van der Waals surface area contributed by atoms with Crippen LogP contribution in [0.15, 0.2) is 42.6 Å². The van der Waals surface area contributed by atoms with Gasteiger partial charge < -0.3 is 10.0 Å². The minimum Gasteiger partial charge on any atom is -0.387 e. The summed E-state index contributed by atoms with van der Waals surface area (Å²) in [5, 5.41) is 19.1. The van der Waals surface area contributed by atoms with E-state index in [-0.39, 0.29) is 5.82 Å². The Labute approximate surface area is 140 Å². The monoisotopic (exact) mass is 326 g/mol. The lowest BCUT2D eigenvalue weighted by Crippen LogP contribution is -2.47. The Balaban J connectivity index is 1.53. The van der Waals surface area contributed by atoms with Crippen LogP contribution in [0.5, 0.6) is 0 Å². The molecule has 1 saturated heterocycles. The third kappa shape index (κ3) is 3.88. The van der Waals surface area contributed by atoms with E-state index in [0.717, 1.165) is 37.6 Å². The Morgan fingerprint density at radius 2 is 1.83 bits per heavy atom. The van der Waals surface area contributed by atoms with Gasteiger partial charge in [-0.25, -0.2) is 9.37 Å². The molecule has 6 heteroatoms. The van der Waals surface area contributed by atoms with E-state index in [1.807, 2.05) is 6.07 Å². The Hall–Kier alpha value is -2.49. The Bertz CT molecular complexity index is 703. The second-order valence-electron chi connectivity index (χ2n) is 5.87. The highest BCUT2D eigenvalue weighted by Crippen LogP contribution is 2.18. The lowest BCUT2D eigenvalue weighted by atomic mass is 10.1. The van der Waals surface area contributed by atoms with E-state index < -0.39 is 6.10 Å². The maximum atomic E-state index is 12.9. The molecule has 2 heterocycles. The number of nitriles is 1. The van der Waals surface area contributed by atoms with Gasteiger partial charge in [0.25, 0.3) is 0 Å². The molecule has 1 fully saturated rings. The molecule has 3 rings (SSSR count). The predicted octanol–water partition coefficient (Wildman–Crippen LogP) is 1.95. The lowest BCUT2D eigenvalue weighted by molar-refractivity contribution is 0.109. The highest BCUT2D eigenvalue weighted by molar-refractivity contribution is 5.42. The number of piperazine rings is 1. The van der Waals surface area contributed by atoms with Crippen molar-refractivity contribution in [1.82, 2.24) is 9.88 Å². The van der Waals surface area contributed by atoms with Gasteiger partial charge >= 0.3 is 0 Å². The molecule has 0 aliphatic carbocycles. The number of aliphatic hydroxyl groups excluding tert-OH is 1. The zero-order chi connectivity index (χ0) is 16.9. The predicted molar refractivity (Wildman–Crippen MR) is 89.0 cm³/mol. The van der Waals surface area contributed by atoms with Gasteiger partial charge in [-0.05, 0) is 29.8 Å². The lowest BCUT2D eigenvalue weighted by Gasteiger charge is -2.36. The molecule has 1 N–H and O–H groups in total. The van der Waals surface area contributed by atoms with E-state index in [9.17, 15) is 9.50 Å². The third-order valence-electron chi connectivity index (χ3n) is 4.26. The van der Waals surface area contributed by atoms with Crippen LogP contribution in [-0.4, -0.2) is 47.7 Å². The number of hydrogen-bond acceptors (Lipinski definition) is 5. The number of aliphatic hydroxyl groups is 1. The van der Waals surface area contributed by atoms with Crippen molar-refractivity contribution in [2.24, 2.45) is 0 Å². The number of rotatable bonds is 4. The highest BCUT2D eigenvalue weighted by Gasteiger charge is 2.20. The van der Waals surface area contributed by atoms with Crippen molar-refractivity contribution < 1.29 is 9.50 Å². The van der Waals surface area contributed by atoms with Crippen LogP contribution >= 0.6 is 0 Å². The zero-order valence-corrected chi connectivity index (χ0v) is 13.3. The van der Waals surface area contributed by atoms with Crippen molar-refractivity contribution in [2.75, 3.05) is 37.6 Å². The summed E-state index contributed by atoms with van der Waals surface area (Å²) < 4.78 is 12.9. The number of pyridine rings is 1. The third-order valence-corrected chi connectivity index (χ3v) is 4.26. The summed E-state index contributed by atoms with van der Waals surface area (Å²) >= 11 is 0. The van der Waals surface area contributed by atoms with Gasteiger partial charge in [-0.1, -0.05) is 12.1 Å². The first-order valence-electron chi connectivity index (χ1n) is 7.92. The average molecular weight is 326 g/mol. The number of hydrogen-bond donors (Lipinski definition) is 1. The van der Waals surface area contributed by atoms with Gasteiger partial charge in [0.2, 0.25) is 0 Å². The summed E-state index contributed by atoms with van der Waals surface area (Å²) in [5.74, 6) is 0.571. The fourth-order valence-electron chi connectivity index (χ4n) is 2.83. The maximum Gasteiger partial charge on any atom is 0.128 e. The molecule has 1 atom stereocenters. The van der Waals surface area contributed by atoms with Crippen molar-refractivity contribution in [3.05, 3.63) is 59.5 Å². The van der Waals surface area contributed by atoms with Crippen molar-refractivity contribution in [3.8, 4) is 6.07 Å². The second kappa shape index (κ2) is 7.39. The summed E-state index contributed by atoms with van der Waals surface area (Å²) in [6.45, 7) is 3.80. The molecule has 5 nitrogen and oxygen atoms in total. The van der Waals surface area contributed by atoms with E-state index >= 15 is 0 Å². The SMILES string of the molecule is N#Cc1ccc(N2CCN(C[C@H](O)c3ccc(F)cc3)CC2)nc1. The summed E-state index contributed by atoms with van der Waals surface area (Å²) in [6, 6.07) is 11.7. The van der Waals surface area contributed by atoms with Crippen LogP contribution < -0.4 is 4.90 Å². The molecular weight excluding hydrogens is 307 g/mol. The zero-order valence-electron chi connectivity index (χ0n) is 13.3. The first-order chi connectivity index (χ1) is 11.7. The van der Waals surface area contributed by atoms with E-state index in [1.165, 1.54) is 12.1 Å². The van der Waals surface area contributed by atoms with E-state index in [1.54, 1.807) is 24.4 Å². The van der Waals surface area contributed by atoms with Gasteiger partial charge in [-0.15, -0.1) is 0 Å². The topological polar surface area (TPSA) is 63.4 Å². The molecule has 0 unspecified atom stereocenters. The van der Waals surface area contributed by atoms with Crippen LogP contribution in [0.4, 0.5) is 10.2 Å². The number of benzene rings is 1. The largest absolute Gasteiger partial charge is 0.387 e. The molecule has 0 amide bonds. The Morgan fingerprint density at radius 1 is 1.12 bits per heavy atom. The van der Waals surface area contributed by atoms with Gasteiger partial charge in [0.1, 0.15) is 17.7 Å². The van der Waals surface area contributed by atoms with E-state index in [4.69, 9.17) is 5.26 Å². The summed E-state index contributed by atoms with van der Waals surface area (Å²) in [7, 11) is 0. The molecular formula is C18H19FN4O. The van der Waals surface area contributed by atoms with Gasteiger partial charge in [0.15, 0.2) is 0 Å². The number of halogens is 1. The first kappa shape index (κ1) is 16.4. The summed E-state index contributed by atoms with van der Waals surface area (Å²) in [6.07, 6.45) is 0.963. The van der Waals surface area contributed by atoms with Crippen LogP contribution in [0.3, 0.4) is 0 Å². The van der Waals surface area contributed by atoms with Gasteiger partial charge in [0, 0.05) is 38.9 Å². The van der Waals surface area contributed by atoms with Crippen molar-refractivity contribution in [2.45, 2.75) is 6.10 Å². The second-order valence-corrected chi connectivity index (χ2v) is 5.87. The molecule has 0 spiro atoms. The highest BCUT2D eigenvalue weighted by atomic mass is 19.1. The summed E-state index contributed by atoms with van der Waals surface area (Å²) in [4.78, 5) is 8.67. The molecule has 2 aromatic rings. The van der Waals surface area contributed by atoms with E-state index in [2.05, 4.69) is 20.9 Å². The van der Waals surface area contributed by atoms with Crippen LogP contribution in [0.25, 0.3) is 0 Å². The number of anilines is 1. The van der Waals surface area contributed by atoms with Gasteiger partial charge in [0.05, 0.1) is 11.7 Å². The molecule has 1 aliphatic heterocycles. The molecule has 24 heavy (non-hydrogen) atoms. The van der Waals surface area contributed by atoms with Crippen molar-refractivity contribution in [3.63, 3.8) is 0 Å². The van der Waals surface area contributed by atoms with Crippen molar-refractivity contribution >= 4 is 5.82 Å². The minimum absolute atomic E-state index is 0.297. The molecule has 124 valence electrons. The normalized spacial score (nSPS) is 16.6. The van der Waals surface area contributed by atoms with Crippen LogP contribution in [0.1, 0.15) is 17.2 Å². The quantitative estimate of drug-likeness (QED) is 0.930. The van der Waals surface area contributed by atoms with Gasteiger partial charge in [-0.3, -0.25) is 4.90 Å². The summed E-state index contributed by atoms with van der Waals surface area (Å²) in [5.41, 5.74) is 1.28. The molecule has 1 aromatic carbocycles. The smallest absolute Gasteiger partial charge is 0.128 e.